The van der Waals surface area contributed by atoms with Crippen molar-refractivity contribution >= 4 is 8.32 Å². The fourth-order valence-corrected chi connectivity index (χ4v) is 3.90. The first-order valence-corrected chi connectivity index (χ1v) is 13.2. The van der Waals surface area contributed by atoms with Gasteiger partial charge >= 0.3 is 0 Å². The molecule has 160 valence electrons. The second-order valence-electron chi connectivity index (χ2n) is 9.08. The fraction of sp³-hybridized carbons (Fsp3) is 0.500. The Labute approximate surface area is 176 Å². The summed E-state index contributed by atoms with van der Waals surface area (Å²) in [5.41, 5.74) is 1.73. The Hall–Kier alpha value is -1.50. The number of aliphatic hydroxyl groups excluding tert-OH is 2. The Morgan fingerprint density at radius 2 is 1.45 bits per heavy atom. The number of hydrogen-bond acceptors (Lipinski definition) is 4. The van der Waals surface area contributed by atoms with Crippen molar-refractivity contribution in [1.29, 1.82) is 0 Å². The highest BCUT2D eigenvalue weighted by molar-refractivity contribution is 6.74. The van der Waals surface area contributed by atoms with Crippen molar-refractivity contribution < 1.29 is 19.4 Å². The van der Waals surface area contributed by atoms with E-state index in [0.29, 0.717) is 19.6 Å². The third kappa shape index (κ3) is 7.05. The molecule has 0 aromatic heterocycles. The van der Waals surface area contributed by atoms with Gasteiger partial charge in [0.1, 0.15) is 12.2 Å². The van der Waals surface area contributed by atoms with E-state index in [1.165, 1.54) is 0 Å². The molecule has 2 aromatic carbocycles. The highest BCUT2D eigenvalue weighted by Gasteiger charge is 2.37. The number of hydrogen-bond donors (Lipinski definition) is 2. The maximum absolute atomic E-state index is 10.9. The normalized spacial score (nSPS) is 15.7. The Balaban J connectivity index is 2.05. The predicted molar refractivity (Wildman–Crippen MR) is 120 cm³/mol. The highest BCUT2D eigenvalue weighted by atomic mass is 28.4. The largest absolute Gasteiger partial charge is 0.417 e. The number of benzene rings is 2. The number of rotatable bonds is 10. The molecule has 5 heteroatoms. The second kappa shape index (κ2) is 10.5. The average Bonchev–Trinajstić information content (AvgIpc) is 2.68. The molecule has 2 aromatic rings. The van der Waals surface area contributed by atoms with E-state index in [0.717, 1.165) is 11.1 Å². The summed E-state index contributed by atoms with van der Waals surface area (Å²) in [4.78, 5) is 0. The summed E-state index contributed by atoms with van der Waals surface area (Å²) in [6, 6.07) is 19.1. The molecule has 0 spiro atoms. The molecule has 4 nitrogen and oxygen atoms in total. The van der Waals surface area contributed by atoms with Crippen LogP contribution in [-0.4, -0.2) is 37.3 Å². The Bertz CT molecular complexity index is 713. The predicted octanol–water partition coefficient (Wildman–Crippen LogP) is 5.08. The molecule has 0 aliphatic heterocycles. The molecule has 0 unspecified atom stereocenters. The van der Waals surface area contributed by atoms with Gasteiger partial charge in [-0.3, -0.25) is 0 Å². The van der Waals surface area contributed by atoms with E-state index in [1.807, 2.05) is 60.7 Å². The molecule has 0 fully saturated rings. The fourth-order valence-electron chi connectivity index (χ4n) is 2.83. The first-order chi connectivity index (χ1) is 13.6. The molecule has 2 rings (SSSR count). The van der Waals surface area contributed by atoms with Crippen LogP contribution in [0.2, 0.25) is 18.1 Å². The summed E-state index contributed by atoms with van der Waals surface area (Å²) in [5, 5.41) is 21.9. The van der Waals surface area contributed by atoms with E-state index in [-0.39, 0.29) is 5.04 Å². The van der Waals surface area contributed by atoms with E-state index in [9.17, 15) is 10.2 Å². The van der Waals surface area contributed by atoms with Crippen LogP contribution in [0, 0.1) is 0 Å². The molecule has 0 bridgehead atoms. The molecular formula is C24H36O4Si. The molecule has 0 saturated carbocycles. The zero-order valence-electron chi connectivity index (χ0n) is 18.3. The SMILES string of the molecule is CC(C)(C)[Si](C)(C)OCC[C@@H](O)[C@H](OCc1ccccc1)[C@H](O)c1ccccc1. The van der Waals surface area contributed by atoms with E-state index >= 15 is 0 Å². The van der Waals surface area contributed by atoms with Crippen LogP contribution in [0.5, 0.6) is 0 Å². The minimum absolute atomic E-state index is 0.116. The zero-order chi connectivity index (χ0) is 21.5. The van der Waals surface area contributed by atoms with E-state index in [4.69, 9.17) is 9.16 Å². The summed E-state index contributed by atoms with van der Waals surface area (Å²) in [7, 11) is -1.88. The van der Waals surface area contributed by atoms with Crippen molar-refractivity contribution in [1.82, 2.24) is 0 Å². The molecule has 0 saturated heterocycles. The first-order valence-electron chi connectivity index (χ1n) is 10.3. The maximum atomic E-state index is 10.9. The van der Waals surface area contributed by atoms with Crippen LogP contribution < -0.4 is 0 Å². The molecule has 0 aliphatic rings. The lowest BCUT2D eigenvalue weighted by molar-refractivity contribution is -0.112. The van der Waals surface area contributed by atoms with Crippen LogP contribution in [0.15, 0.2) is 60.7 Å². The van der Waals surface area contributed by atoms with Crippen LogP contribution in [-0.2, 0) is 15.8 Å². The van der Waals surface area contributed by atoms with Crippen molar-refractivity contribution in [3.8, 4) is 0 Å². The van der Waals surface area contributed by atoms with Gasteiger partial charge in [-0.15, -0.1) is 0 Å². The standard InChI is InChI=1S/C24H36O4Si/c1-24(2,3)29(4,5)28-17-16-21(25)23(22(26)20-14-10-7-11-15-20)27-18-19-12-8-6-9-13-19/h6-15,21-23,25-26H,16-18H2,1-5H3/t21-,22-,23+/m1/s1. The van der Waals surface area contributed by atoms with Gasteiger partial charge in [-0.05, 0) is 35.7 Å². The van der Waals surface area contributed by atoms with Gasteiger partial charge in [-0.1, -0.05) is 81.4 Å². The maximum Gasteiger partial charge on any atom is 0.191 e. The summed E-state index contributed by atoms with van der Waals surface area (Å²) in [5.74, 6) is 0. The summed E-state index contributed by atoms with van der Waals surface area (Å²) in [6.45, 7) is 11.8. The van der Waals surface area contributed by atoms with Crippen molar-refractivity contribution in [3.63, 3.8) is 0 Å². The summed E-state index contributed by atoms with van der Waals surface area (Å²) in [6.07, 6.45) is -2.07. The molecule has 3 atom stereocenters. The van der Waals surface area contributed by atoms with Crippen LogP contribution in [0.1, 0.15) is 44.4 Å². The van der Waals surface area contributed by atoms with E-state index in [1.54, 1.807) is 0 Å². The molecule has 0 radical (unpaired) electrons. The molecule has 0 aliphatic carbocycles. The second-order valence-corrected chi connectivity index (χ2v) is 13.9. The molecule has 2 N–H and O–H groups in total. The van der Waals surface area contributed by atoms with Gasteiger partial charge in [-0.2, -0.15) is 0 Å². The van der Waals surface area contributed by atoms with Crippen LogP contribution >= 0.6 is 0 Å². The van der Waals surface area contributed by atoms with E-state index < -0.39 is 26.6 Å². The Morgan fingerprint density at radius 3 is 2.00 bits per heavy atom. The van der Waals surface area contributed by atoms with Gasteiger partial charge in [0.05, 0.1) is 12.7 Å². The van der Waals surface area contributed by atoms with Crippen LogP contribution in [0.25, 0.3) is 0 Å². The quantitative estimate of drug-likeness (QED) is 0.530. The lowest BCUT2D eigenvalue weighted by Crippen LogP contribution is -2.42. The van der Waals surface area contributed by atoms with Gasteiger partial charge in [0.25, 0.3) is 0 Å². The number of aliphatic hydroxyl groups is 2. The summed E-state index contributed by atoms with van der Waals surface area (Å²) < 4.78 is 12.2. The third-order valence-corrected chi connectivity index (χ3v) is 10.3. The van der Waals surface area contributed by atoms with Gasteiger partial charge in [-0.25, -0.2) is 0 Å². The van der Waals surface area contributed by atoms with Gasteiger partial charge < -0.3 is 19.4 Å². The minimum Gasteiger partial charge on any atom is -0.417 e. The van der Waals surface area contributed by atoms with Crippen molar-refractivity contribution in [2.45, 2.75) is 70.2 Å². The zero-order valence-corrected chi connectivity index (χ0v) is 19.3. The minimum atomic E-state index is -1.88. The van der Waals surface area contributed by atoms with Crippen molar-refractivity contribution in [2.75, 3.05) is 6.61 Å². The highest BCUT2D eigenvalue weighted by Crippen LogP contribution is 2.36. The Kier molecular flexibility index (Phi) is 8.61. The lowest BCUT2D eigenvalue weighted by Gasteiger charge is -2.36. The average molecular weight is 417 g/mol. The first kappa shape index (κ1) is 23.8. The lowest BCUT2D eigenvalue weighted by atomic mass is 9.98. The summed E-state index contributed by atoms with van der Waals surface area (Å²) >= 11 is 0. The monoisotopic (exact) mass is 416 g/mol. The number of ether oxygens (including phenoxy) is 1. The van der Waals surface area contributed by atoms with Crippen molar-refractivity contribution in [3.05, 3.63) is 71.8 Å². The molecule has 0 amide bonds. The van der Waals surface area contributed by atoms with Gasteiger partial charge in [0.2, 0.25) is 0 Å². The Morgan fingerprint density at radius 1 is 0.897 bits per heavy atom. The molecule has 0 heterocycles. The van der Waals surface area contributed by atoms with Crippen molar-refractivity contribution in [2.24, 2.45) is 0 Å². The van der Waals surface area contributed by atoms with Gasteiger partial charge in [0.15, 0.2) is 8.32 Å². The van der Waals surface area contributed by atoms with Crippen LogP contribution in [0.4, 0.5) is 0 Å². The molecular weight excluding hydrogens is 380 g/mol. The van der Waals surface area contributed by atoms with E-state index in [2.05, 4.69) is 33.9 Å². The van der Waals surface area contributed by atoms with Crippen LogP contribution in [0.3, 0.4) is 0 Å². The molecule has 29 heavy (non-hydrogen) atoms. The third-order valence-electron chi connectivity index (χ3n) is 5.80. The van der Waals surface area contributed by atoms with Gasteiger partial charge in [0, 0.05) is 6.61 Å². The topological polar surface area (TPSA) is 58.9 Å². The smallest absolute Gasteiger partial charge is 0.191 e.